The third-order valence-electron chi connectivity index (χ3n) is 3.45. The maximum absolute atomic E-state index is 12.1. The normalized spacial score (nSPS) is 17.2. The van der Waals surface area contributed by atoms with E-state index in [4.69, 9.17) is 5.73 Å². The van der Waals surface area contributed by atoms with Crippen LogP contribution in [0.15, 0.2) is 21.1 Å². The second kappa shape index (κ2) is 7.02. The molecule has 1 aromatic carbocycles. The Balaban J connectivity index is 1.95. The lowest BCUT2D eigenvalue weighted by Gasteiger charge is -2.29. The highest BCUT2D eigenvalue weighted by Crippen LogP contribution is 2.32. The molecule has 0 atom stereocenters. The van der Waals surface area contributed by atoms with Gasteiger partial charge in [-0.15, -0.1) is 0 Å². The minimum Gasteiger partial charge on any atom is -0.328 e. The molecular formula is C14H19Br2N3O. The number of nitrogens with one attached hydrogen (secondary N) is 1. The van der Waals surface area contributed by atoms with Crippen molar-refractivity contribution >= 4 is 43.5 Å². The highest BCUT2D eigenvalue weighted by Gasteiger charge is 2.19. The van der Waals surface area contributed by atoms with Crippen LogP contribution in [0.5, 0.6) is 0 Å². The van der Waals surface area contributed by atoms with Gasteiger partial charge in [0, 0.05) is 28.1 Å². The van der Waals surface area contributed by atoms with Crippen molar-refractivity contribution < 1.29 is 4.79 Å². The lowest BCUT2D eigenvalue weighted by molar-refractivity contribution is -0.117. The molecule has 1 fully saturated rings. The first-order chi connectivity index (χ1) is 9.45. The zero-order valence-corrected chi connectivity index (χ0v) is 14.6. The second-order valence-corrected chi connectivity index (χ2v) is 6.97. The lowest BCUT2D eigenvalue weighted by atomic mass is 10.1. The summed E-state index contributed by atoms with van der Waals surface area (Å²) >= 11 is 6.97. The van der Waals surface area contributed by atoms with Crippen molar-refractivity contribution in [3.63, 3.8) is 0 Å². The maximum atomic E-state index is 12.1. The molecule has 0 unspecified atom stereocenters. The van der Waals surface area contributed by atoms with Gasteiger partial charge in [0.15, 0.2) is 0 Å². The fraction of sp³-hybridized carbons (Fsp3) is 0.500. The first kappa shape index (κ1) is 15.9. The van der Waals surface area contributed by atoms with E-state index in [0.717, 1.165) is 46.1 Å². The zero-order chi connectivity index (χ0) is 14.7. The molecule has 0 aromatic heterocycles. The third kappa shape index (κ3) is 4.28. The molecule has 20 heavy (non-hydrogen) atoms. The summed E-state index contributed by atoms with van der Waals surface area (Å²) in [6.07, 6.45) is 1.93. The van der Waals surface area contributed by atoms with Crippen LogP contribution in [0.1, 0.15) is 18.4 Å². The molecule has 0 radical (unpaired) electrons. The van der Waals surface area contributed by atoms with Crippen molar-refractivity contribution in [3.8, 4) is 0 Å². The van der Waals surface area contributed by atoms with E-state index < -0.39 is 0 Å². The summed E-state index contributed by atoms with van der Waals surface area (Å²) < 4.78 is 1.77. The SMILES string of the molecule is Cc1cc(Br)c(NC(=O)CN2CCC(N)CC2)c(Br)c1. The summed E-state index contributed by atoms with van der Waals surface area (Å²) in [4.78, 5) is 14.3. The van der Waals surface area contributed by atoms with Gasteiger partial charge < -0.3 is 11.1 Å². The van der Waals surface area contributed by atoms with Gasteiger partial charge in [-0.1, -0.05) is 0 Å². The van der Waals surface area contributed by atoms with Crippen LogP contribution in [0, 0.1) is 6.92 Å². The van der Waals surface area contributed by atoms with Crippen LogP contribution >= 0.6 is 31.9 Å². The van der Waals surface area contributed by atoms with Crippen molar-refractivity contribution in [3.05, 3.63) is 26.6 Å². The Bertz CT molecular complexity index is 476. The van der Waals surface area contributed by atoms with E-state index >= 15 is 0 Å². The number of piperidine rings is 1. The maximum Gasteiger partial charge on any atom is 0.238 e. The molecule has 0 saturated carbocycles. The summed E-state index contributed by atoms with van der Waals surface area (Å²) in [5, 5.41) is 2.96. The van der Waals surface area contributed by atoms with Gasteiger partial charge in [-0.2, -0.15) is 0 Å². The van der Waals surface area contributed by atoms with Crippen LogP contribution in [0.25, 0.3) is 0 Å². The van der Waals surface area contributed by atoms with Gasteiger partial charge in [-0.05, 0) is 69.3 Å². The summed E-state index contributed by atoms with van der Waals surface area (Å²) in [7, 11) is 0. The number of carbonyl (C=O) groups is 1. The zero-order valence-electron chi connectivity index (χ0n) is 11.5. The van der Waals surface area contributed by atoms with E-state index in [1.165, 1.54) is 0 Å². The standard InChI is InChI=1S/C14H19Br2N3O/c1-9-6-11(15)14(12(16)7-9)18-13(20)8-19-4-2-10(17)3-5-19/h6-7,10H,2-5,8,17H2,1H3,(H,18,20). The predicted octanol–water partition coefficient (Wildman–Crippen LogP) is 2.88. The summed E-state index contributed by atoms with van der Waals surface area (Å²) in [5.41, 5.74) is 7.78. The Labute approximate surface area is 136 Å². The van der Waals surface area contributed by atoms with Crippen molar-refractivity contribution in [2.24, 2.45) is 5.73 Å². The Kier molecular flexibility index (Phi) is 5.60. The molecule has 1 aliphatic rings. The quantitative estimate of drug-likeness (QED) is 0.814. The molecule has 0 spiro atoms. The fourth-order valence-corrected chi connectivity index (χ4v) is 3.93. The largest absolute Gasteiger partial charge is 0.328 e. The number of nitrogens with two attached hydrogens (primary N) is 1. The van der Waals surface area contributed by atoms with Crippen molar-refractivity contribution in [2.75, 3.05) is 25.0 Å². The van der Waals surface area contributed by atoms with E-state index in [2.05, 4.69) is 42.1 Å². The molecule has 4 nitrogen and oxygen atoms in total. The van der Waals surface area contributed by atoms with Crippen LogP contribution in [-0.2, 0) is 4.79 Å². The Morgan fingerprint density at radius 2 is 1.90 bits per heavy atom. The van der Waals surface area contributed by atoms with Crippen molar-refractivity contribution in [1.82, 2.24) is 4.90 Å². The van der Waals surface area contributed by atoms with Crippen LogP contribution in [-0.4, -0.2) is 36.5 Å². The molecule has 110 valence electrons. The lowest BCUT2D eigenvalue weighted by Crippen LogP contribution is -2.43. The van der Waals surface area contributed by atoms with E-state index in [1.54, 1.807) is 0 Å². The molecule has 1 aliphatic heterocycles. The van der Waals surface area contributed by atoms with Gasteiger partial charge in [0.2, 0.25) is 5.91 Å². The highest BCUT2D eigenvalue weighted by molar-refractivity contribution is 9.11. The first-order valence-corrected chi connectivity index (χ1v) is 8.27. The number of likely N-dealkylation sites (tertiary alicyclic amines) is 1. The second-order valence-electron chi connectivity index (χ2n) is 5.27. The average Bonchev–Trinajstić information content (AvgIpc) is 2.36. The van der Waals surface area contributed by atoms with E-state index in [0.29, 0.717) is 6.54 Å². The summed E-state index contributed by atoms with van der Waals surface area (Å²) in [6, 6.07) is 4.26. The Morgan fingerprint density at radius 3 is 2.45 bits per heavy atom. The van der Waals surface area contributed by atoms with Crippen molar-refractivity contribution in [1.29, 1.82) is 0 Å². The number of rotatable bonds is 3. The number of amides is 1. The minimum absolute atomic E-state index is 0.00530. The van der Waals surface area contributed by atoms with Gasteiger partial charge in [0.05, 0.1) is 12.2 Å². The predicted molar refractivity (Wildman–Crippen MR) is 88.9 cm³/mol. The number of aryl methyl sites for hydroxylation is 1. The number of halogens is 2. The molecule has 0 bridgehead atoms. The first-order valence-electron chi connectivity index (χ1n) is 6.69. The van der Waals surface area contributed by atoms with Crippen LogP contribution in [0.3, 0.4) is 0 Å². The van der Waals surface area contributed by atoms with Gasteiger partial charge in [-0.25, -0.2) is 0 Å². The van der Waals surface area contributed by atoms with Gasteiger partial charge in [0.25, 0.3) is 0 Å². The van der Waals surface area contributed by atoms with Crippen molar-refractivity contribution in [2.45, 2.75) is 25.8 Å². The summed E-state index contributed by atoms with van der Waals surface area (Å²) in [6.45, 7) is 4.22. The van der Waals surface area contributed by atoms with Gasteiger partial charge in [0.1, 0.15) is 0 Å². The molecule has 2 rings (SSSR count). The molecule has 1 heterocycles. The molecule has 1 amide bonds. The number of hydrogen-bond acceptors (Lipinski definition) is 3. The van der Waals surface area contributed by atoms with Gasteiger partial charge >= 0.3 is 0 Å². The Hall–Kier alpha value is -0.430. The average molecular weight is 405 g/mol. The number of benzene rings is 1. The van der Waals surface area contributed by atoms with E-state index in [-0.39, 0.29) is 11.9 Å². The topological polar surface area (TPSA) is 58.4 Å². The monoisotopic (exact) mass is 403 g/mol. The molecular weight excluding hydrogens is 386 g/mol. The molecule has 3 N–H and O–H groups in total. The molecule has 1 saturated heterocycles. The highest BCUT2D eigenvalue weighted by atomic mass is 79.9. The van der Waals surface area contributed by atoms with E-state index in [9.17, 15) is 4.79 Å². The van der Waals surface area contributed by atoms with E-state index in [1.807, 2.05) is 19.1 Å². The van der Waals surface area contributed by atoms with Crippen LogP contribution in [0.4, 0.5) is 5.69 Å². The fourth-order valence-electron chi connectivity index (χ4n) is 2.31. The number of carbonyl (C=O) groups excluding carboxylic acids is 1. The number of anilines is 1. The molecule has 6 heteroatoms. The van der Waals surface area contributed by atoms with Crippen LogP contribution < -0.4 is 11.1 Å². The Morgan fingerprint density at radius 1 is 1.35 bits per heavy atom. The summed E-state index contributed by atoms with van der Waals surface area (Å²) in [5.74, 6) is 0.00530. The van der Waals surface area contributed by atoms with Crippen LogP contribution in [0.2, 0.25) is 0 Å². The number of hydrogen-bond donors (Lipinski definition) is 2. The minimum atomic E-state index is 0.00530. The van der Waals surface area contributed by atoms with Gasteiger partial charge in [-0.3, -0.25) is 9.69 Å². The smallest absolute Gasteiger partial charge is 0.238 e. The molecule has 0 aliphatic carbocycles. The number of nitrogens with zero attached hydrogens (tertiary/aromatic N) is 1. The third-order valence-corrected chi connectivity index (χ3v) is 4.70. The molecule has 1 aromatic rings.